The molecule has 1 aromatic rings. The third-order valence-corrected chi connectivity index (χ3v) is 5.14. The van der Waals surface area contributed by atoms with E-state index in [0.717, 1.165) is 0 Å². The number of nitrogens with one attached hydrogen (secondary N) is 2. The molecule has 11 nitrogen and oxygen atoms in total. The van der Waals surface area contributed by atoms with Gasteiger partial charge in [-0.25, -0.2) is 14.4 Å². The molecule has 4 rings (SSSR count). The Bertz CT molecular complexity index is 763. The van der Waals surface area contributed by atoms with E-state index in [-0.39, 0.29) is 16.6 Å². The van der Waals surface area contributed by atoms with Gasteiger partial charge in [-0.05, 0) is 22.6 Å². The molecule has 3 aliphatic rings. The van der Waals surface area contributed by atoms with Gasteiger partial charge in [0.05, 0.1) is 6.61 Å². The molecule has 1 aromatic heterocycles. The van der Waals surface area contributed by atoms with Gasteiger partial charge < -0.3 is 25.9 Å². The summed E-state index contributed by atoms with van der Waals surface area (Å²) in [5, 5.41) is 12.4. The molecule has 126 valence electrons. The first kappa shape index (κ1) is 15.5. The van der Waals surface area contributed by atoms with Crippen molar-refractivity contribution in [2.45, 2.75) is 28.7 Å². The van der Waals surface area contributed by atoms with Crippen molar-refractivity contribution in [1.82, 2.24) is 9.55 Å². The molecule has 0 aliphatic carbocycles. The number of aromatic amines is 1. The van der Waals surface area contributed by atoms with Crippen LogP contribution < -0.4 is 16.7 Å². The Labute approximate surface area is 145 Å². The van der Waals surface area contributed by atoms with Gasteiger partial charge in [-0.15, -0.1) is 0 Å². The fraction of sp³-hybridized carbons (Fsp3) is 0.600. The lowest BCUT2D eigenvalue weighted by Crippen LogP contribution is -2.34. The van der Waals surface area contributed by atoms with Gasteiger partial charge in [-0.2, -0.15) is 4.21 Å². The van der Waals surface area contributed by atoms with Crippen molar-refractivity contribution in [3.63, 3.8) is 0 Å². The van der Waals surface area contributed by atoms with Crippen LogP contribution in [0, 0.1) is 0 Å². The number of aromatic nitrogens is 2. The average molecular weight is 457 g/mol. The van der Waals surface area contributed by atoms with Crippen molar-refractivity contribution in [2.75, 3.05) is 11.9 Å². The SMILES string of the molecule is NC1=NC(I)Nc2c1[nH]c(=O)n2[C@@H]1O[C@H](CO)[C@H]2OS(=O)O[C@H]21. The number of nitrogens with two attached hydrogens (primary N) is 1. The maximum Gasteiger partial charge on any atom is 0.329 e. The van der Waals surface area contributed by atoms with Crippen LogP contribution in [-0.2, 0) is 24.5 Å². The Morgan fingerprint density at radius 3 is 2.91 bits per heavy atom. The summed E-state index contributed by atoms with van der Waals surface area (Å²) in [6.07, 6.45) is -3.19. The molecule has 2 saturated heterocycles. The minimum absolute atomic E-state index is 0.189. The molecule has 4 heterocycles. The molecule has 13 heteroatoms. The molecule has 23 heavy (non-hydrogen) atoms. The minimum atomic E-state index is -1.95. The second kappa shape index (κ2) is 5.52. The Balaban J connectivity index is 1.79. The van der Waals surface area contributed by atoms with Crippen molar-refractivity contribution in [2.24, 2.45) is 10.7 Å². The highest BCUT2D eigenvalue weighted by Crippen LogP contribution is 2.40. The lowest BCUT2D eigenvalue weighted by Gasteiger charge is -2.22. The Morgan fingerprint density at radius 1 is 1.43 bits per heavy atom. The summed E-state index contributed by atoms with van der Waals surface area (Å²) in [5.74, 6) is 0.583. The fourth-order valence-electron chi connectivity index (χ4n) is 2.84. The number of H-pyrrole nitrogens is 1. The number of aliphatic hydroxyl groups is 1. The van der Waals surface area contributed by atoms with Crippen molar-refractivity contribution in [3.8, 4) is 0 Å². The summed E-state index contributed by atoms with van der Waals surface area (Å²) in [4.78, 5) is 19.1. The van der Waals surface area contributed by atoms with E-state index in [9.17, 15) is 14.1 Å². The zero-order valence-corrected chi connectivity index (χ0v) is 14.3. The second-order valence-corrected chi connectivity index (χ2v) is 7.06. The van der Waals surface area contributed by atoms with Crippen LogP contribution in [0.15, 0.2) is 9.79 Å². The molecule has 0 radical (unpaired) electrons. The van der Waals surface area contributed by atoms with E-state index in [1.165, 1.54) is 4.57 Å². The number of aliphatic hydroxyl groups excluding tert-OH is 1. The van der Waals surface area contributed by atoms with E-state index in [1.54, 1.807) is 0 Å². The average Bonchev–Trinajstić information content (AvgIpc) is 3.10. The van der Waals surface area contributed by atoms with Gasteiger partial charge in [0.15, 0.2) is 16.5 Å². The first-order chi connectivity index (χ1) is 11.0. The number of amidine groups is 1. The molecule has 0 amide bonds. The van der Waals surface area contributed by atoms with Crippen molar-refractivity contribution in [3.05, 3.63) is 16.2 Å². The first-order valence-corrected chi connectivity index (χ1v) is 8.85. The van der Waals surface area contributed by atoms with Gasteiger partial charge in [0, 0.05) is 0 Å². The van der Waals surface area contributed by atoms with E-state index in [4.69, 9.17) is 18.8 Å². The van der Waals surface area contributed by atoms with E-state index in [0.29, 0.717) is 11.5 Å². The zero-order chi connectivity index (χ0) is 16.3. The number of anilines is 1. The van der Waals surface area contributed by atoms with Crippen LogP contribution in [0.4, 0.5) is 5.82 Å². The van der Waals surface area contributed by atoms with Crippen LogP contribution in [-0.4, -0.2) is 53.8 Å². The van der Waals surface area contributed by atoms with E-state index >= 15 is 0 Å². The van der Waals surface area contributed by atoms with Gasteiger partial charge in [0.2, 0.25) is 0 Å². The topological polar surface area (TPSA) is 153 Å². The number of halogens is 1. The van der Waals surface area contributed by atoms with Crippen LogP contribution in [0.1, 0.15) is 11.9 Å². The molecule has 6 atom stereocenters. The highest BCUT2D eigenvalue weighted by atomic mass is 127. The summed E-state index contributed by atoms with van der Waals surface area (Å²) < 4.78 is 28.4. The number of nitrogens with zero attached hydrogens (tertiary/aromatic N) is 2. The van der Waals surface area contributed by atoms with E-state index < -0.39 is 41.6 Å². The lowest BCUT2D eigenvalue weighted by molar-refractivity contribution is -0.0545. The molecular weight excluding hydrogens is 445 g/mol. The quantitative estimate of drug-likeness (QED) is 0.233. The van der Waals surface area contributed by atoms with Crippen LogP contribution >= 0.6 is 22.6 Å². The van der Waals surface area contributed by atoms with Crippen molar-refractivity contribution >= 4 is 45.6 Å². The Kier molecular flexibility index (Phi) is 3.73. The first-order valence-electron chi connectivity index (χ1n) is 6.60. The third kappa shape index (κ3) is 2.33. The van der Waals surface area contributed by atoms with E-state index in [2.05, 4.69) is 15.3 Å². The molecule has 5 N–H and O–H groups in total. The second-order valence-electron chi connectivity index (χ2n) is 5.09. The summed E-state index contributed by atoms with van der Waals surface area (Å²) in [7, 11) is 0. The number of alkyl halides is 1. The summed E-state index contributed by atoms with van der Waals surface area (Å²) in [5.41, 5.74) is 5.69. The molecular formula is C10H12IN5O6S. The van der Waals surface area contributed by atoms with E-state index in [1.807, 2.05) is 22.6 Å². The fourth-order valence-corrected chi connectivity index (χ4v) is 4.28. The normalized spacial score (nSPS) is 38.8. The van der Waals surface area contributed by atoms with Crippen LogP contribution in [0.25, 0.3) is 0 Å². The summed E-state index contributed by atoms with van der Waals surface area (Å²) in [6, 6.07) is 0. The third-order valence-electron chi connectivity index (χ3n) is 3.79. The van der Waals surface area contributed by atoms with Crippen LogP contribution in [0.3, 0.4) is 0 Å². The van der Waals surface area contributed by atoms with Crippen LogP contribution in [0.2, 0.25) is 0 Å². The number of hydrogen-bond donors (Lipinski definition) is 4. The number of aliphatic imine (C=N–C) groups is 1. The number of fused-ring (bicyclic) bond motifs is 2. The summed E-state index contributed by atoms with van der Waals surface area (Å²) in [6.45, 7) is -0.356. The zero-order valence-electron chi connectivity index (χ0n) is 11.3. The number of hydrogen-bond acceptors (Lipinski definition) is 9. The molecule has 3 aliphatic heterocycles. The van der Waals surface area contributed by atoms with Gasteiger partial charge >= 0.3 is 17.1 Å². The van der Waals surface area contributed by atoms with Gasteiger partial charge in [0.25, 0.3) is 0 Å². The lowest BCUT2D eigenvalue weighted by atomic mass is 10.1. The molecule has 0 spiro atoms. The van der Waals surface area contributed by atoms with Gasteiger partial charge in [-0.3, -0.25) is 8.37 Å². The molecule has 2 unspecified atom stereocenters. The maximum atomic E-state index is 12.4. The predicted molar refractivity (Wildman–Crippen MR) is 86.1 cm³/mol. The molecule has 2 fully saturated rings. The number of ether oxygens (including phenoxy) is 1. The largest absolute Gasteiger partial charge is 0.394 e. The number of imidazole rings is 1. The maximum absolute atomic E-state index is 12.4. The van der Waals surface area contributed by atoms with Crippen LogP contribution in [0.5, 0.6) is 0 Å². The van der Waals surface area contributed by atoms with Crippen molar-refractivity contribution < 1.29 is 22.4 Å². The molecule has 0 saturated carbocycles. The number of rotatable bonds is 2. The Morgan fingerprint density at radius 2 is 2.17 bits per heavy atom. The molecule has 0 aromatic carbocycles. The van der Waals surface area contributed by atoms with Crippen molar-refractivity contribution in [1.29, 1.82) is 0 Å². The molecule has 0 bridgehead atoms. The monoisotopic (exact) mass is 457 g/mol. The van der Waals surface area contributed by atoms with Gasteiger partial charge in [-0.1, -0.05) is 0 Å². The van der Waals surface area contributed by atoms with Gasteiger partial charge in [0.1, 0.15) is 29.6 Å². The minimum Gasteiger partial charge on any atom is -0.394 e. The predicted octanol–water partition coefficient (Wildman–Crippen LogP) is -1.72. The highest BCUT2D eigenvalue weighted by Gasteiger charge is 2.54. The summed E-state index contributed by atoms with van der Waals surface area (Å²) >= 11 is 0.0648. The standard InChI is InChI=1S/C10H12IN5O6S/c11-9-14-6(12)3-7(15-9)16(10(18)13-3)8-5-4(2(1-17)20-8)21-23(19)22-5/h2,4-5,8-9,15,17H,1H2,(H2,12,14)(H,13,18)/t2-,4-,5-,8-,9?,23?/m1/s1. The highest BCUT2D eigenvalue weighted by molar-refractivity contribution is 14.1. The Hall–Kier alpha value is -1.00. The smallest absolute Gasteiger partial charge is 0.329 e.